The van der Waals surface area contributed by atoms with Gasteiger partial charge in [0.1, 0.15) is 12.3 Å². The van der Waals surface area contributed by atoms with Crippen molar-refractivity contribution in [1.82, 2.24) is 20.4 Å². The molecule has 0 saturated carbocycles. The largest absolute Gasteiger partial charge is 0.469 e. The molecule has 2 rings (SSSR count). The van der Waals surface area contributed by atoms with Crippen molar-refractivity contribution in [2.24, 2.45) is 4.99 Å². The van der Waals surface area contributed by atoms with Gasteiger partial charge in [-0.05, 0) is 51.9 Å². The molecule has 7 heteroatoms. The summed E-state index contributed by atoms with van der Waals surface area (Å²) in [5.41, 5.74) is 0.0371. The van der Waals surface area contributed by atoms with E-state index in [9.17, 15) is 4.79 Å². The highest BCUT2D eigenvalue weighted by molar-refractivity contribution is 5.84. The minimum atomic E-state index is -0.0163. The first-order valence-corrected chi connectivity index (χ1v) is 9.88. The molecule has 2 heterocycles. The highest BCUT2D eigenvalue weighted by Gasteiger charge is 2.27. The normalized spacial score (nSPS) is 16.2. The number of likely N-dealkylation sites (N-methyl/N-ethyl adjacent to an activating group) is 1. The van der Waals surface area contributed by atoms with E-state index in [0.29, 0.717) is 12.5 Å². The number of carbonyl (C=O) groups excluding carboxylic acids is 1. The zero-order chi connectivity index (χ0) is 19.7. The molecule has 1 saturated heterocycles. The topological polar surface area (TPSA) is 73.1 Å². The first kappa shape index (κ1) is 21.3. The molecular weight excluding hydrogens is 342 g/mol. The van der Waals surface area contributed by atoms with E-state index in [1.165, 1.54) is 19.3 Å². The smallest absolute Gasteiger partial charge is 0.243 e. The van der Waals surface area contributed by atoms with Crippen molar-refractivity contribution in [3.8, 4) is 0 Å². The Morgan fingerprint density at radius 1 is 1.26 bits per heavy atom. The van der Waals surface area contributed by atoms with Crippen LogP contribution in [0.2, 0.25) is 0 Å². The maximum atomic E-state index is 11.9. The molecule has 0 bridgehead atoms. The Bertz CT molecular complexity index is 590. The zero-order valence-corrected chi connectivity index (χ0v) is 17.3. The van der Waals surface area contributed by atoms with E-state index in [2.05, 4.69) is 34.4 Å². The molecule has 2 N–H and O–H groups in total. The van der Waals surface area contributed by atoms with Gasteiger partial charge in [-0.15, -0.1) is 0 Å². The van der Waals surface area contributed by atoms with Gasteiger partial charge in [-0.2, -0.15) is 0 Å². The molecule has 0 aromatic carbocycles. The molecule has 27 heavy (non-hydrogen) atoms. The third-order valence-corrected chi connectivity index (χ3v) is 5.02. The molecule has 0 atom stereocenters. The van der Waals surface area contributed by atoms with E-state index in [0.717, 1.165) is 31.8 Å². The van der Waals surface area contributed by atoms with Crippen LogP contribution in [0.1, 0.15) is 38.9 Å². The summed E-state index contributed by atoms with van der Waals surface area (Å²) in [6.07, 6.45) is 6.31. The number of nitrogens with zero attached hydrogens (tertiary/aromatic N) is 3. The number of nitrogens with one attached hydrogen (secondary N) is 2. The van der Waals surface area contributed by atoms with Crippen LogP contribution < -0.4 is 10.6 Å². The van der Waals surface area contributed by atoms with Crippen molar-refractivity contribution in [3.63, 3.8) is 0 Å². The van der Waals surface area contributed by atoms with E-state index in [4.69, 9.17) is 4.42 Å². The van der Waals surface area contributed by atoms with Crippen molar-refractivity contribution >= 4 is 11.9 Å². The minimum Gasteiger partial charge on any atom is -0.469 e. The van der Waals surface area contributed by atoms with Crippen LogP contribution in [-0.2, 0) is 11.2 Å². The predicted octanol–water partition coefficient (Wildman–Crippen LogP) is 1.71. The van der Waals surface area contributed by atoms with Gasteiger partial charge in [0.05, 0.1) is 6.26 Å². The van der Waals surface area contributed by atoms with Crippen LogP contribution in [0.25, 0.3) is 0 Å². The van der Waals surface area contributed by atoms with Crippen LogP contribution in [0.15, 0.2) is 27.8 Å². The molecule has 1 fully saturated rings. The van der Waals surface area contributed by atoms with Gasteiger partial charge in [-0.3, -0.25) is 9.69 Å². The Kier molecular flexibility index (Phi) is 8.16. The van der Waals surface area contributed by atoms with Gasteiger partial charge in [0.15, 0.2) is 5.96 Å². The number of carbonyl (C=O) groups is 1. The number of aliphatic imine (C=N–C) groups is 1. The van der Waals surface area contributed by atoms with Gasteiger partial charge in [-0.1, -0.05) is 6.42 Å². The van der Waals surface area contributed by atoms with Gasteiger partial charge in [-0.25, -0.2) is 4.99 Å². The van der Waals surface area contributed by atoms with E-state index in [1.807, 2.05) is 12.1 Å². The number of likely N-dealkylation sites (tertiary alicyclic amines) is 1. The SMILES string of the molecule is CN(C)C(=O)CN=C(NCCc1ccco1)NCC(C)(C)N1CCCCC1. The lowest BCUT2D eigenvalue weighted by Crippen LogP contribution is -2.55. The zero-order valence-electron chi connectivity index (χ0n) is 17.3. The number of piperidine rings is 1. The van der Waals surface area contributed by atoms with Crippen LogP contribution in [-0.4, -0.2) is 74.0 Å². The molecule has 1 aliphatic rings. The molecule has 152 valence electrons. The molecule has 7 nitrogen and oxygen atoms in total. The Morgan fingerprint density at radius 3 is 2.63 bits per heavy atom. The summed E-state index contributed by atoms with van der Waals surface area (Å²) in [4.78, 5) is 20.5. The van der Waals surface area contributed by atoms with Crippen LogP contribution in [0.3, 0.4) is 0 Å². The third-order valence-electron chi connectivity index (χ3n) is 5.02. The first-order chi connectivity index (χ1) is 12.9. The number of hydrogen-bond acceptors (Lipinski definition) is 4. The average molecular weight is 378 g/mol. The Balaban J connectivity index is 1.90. The summed E-state index contributed by atoms with van der Waals surface area (Å²) in [6, 6.07) is 3.85. The van der Waals surface area contributed by atoms with Gasteiger partial charge >= 0.3 is 0 Å². The molecule has 0 unspecified atom stereocenters. The Hall–Kier alpha value is -2.02. The van der Waals surface area contributed by atoms with Gasteiger partial charge in [0.25, 0.3) is 0 Å². The van der Waals surface area contributed by atoms with Crippen LogP contribution in [0.5, 0.6) is 0 Å². The van der Waals surface area contributed by atoms with Crippen LogP contribution in [0.4, 0.5) is 0 Å². The number of furan rings is 1. The van der Waals surface area contributed by atoms with Gasteiger partial charge in [0.2, 0.25) is 5.91 Å². The fourth-order valence-corrected chi connectivity index (χ4v) is 3.13. The summed E-state index contributed by atoms with van der Waals surface area (Å²) in [5, 5.41) is 6.75. The summed E-state index contributed by atoms with van der Waals surface area (Å²) >= 11 is 0. The summed E-state index contributed by atoms with van der Waals surface area (Å²) in [7, 11) is 3.49. The van der Waals surface area contributed by atoms with Crippen molar-refractivity contribution < 1.29 is 9.21 Å². The second-order valence-corrected chi connectivity index (χ2v) is 7.92. The minimum absolute atomic E-state index is 0.0163. The summed E-state index contributed by atoms with van der Waals surface area (Å²) in [6.45, 7) is 8.41. The lowest BCUT2D eigenvalue weighted by atomic mass is 9.98. The highest BCUT2D eigenvalue weighted by Crippen LogP contribution is 2.19. The van der Waals surface area contributed by atoms with Crippen LogP contribution >= 0.6 is 0 Å². The number of rotatable bonds is 8. The first-order valence-electron chi connectivity index (χ1n) is 9.88. The molecule has 1 amide bonds. The van der Waals surface area contributed by atoms with Crippen molar-refractivity contribution in [1.29, 1.82) is 0 Å². The molecule has 1 aromatic rings. The third kappa shape index (κ3) is 7.25. The monoisotopic (exact) mass is 377 g/mol. The van der Waals surface area contributed by atoms with Crippen molar-refractivity contribution in [3.05, 3.63) is 24.2 Å². The average Bonchev–Trinajstić information content (AvgIpc) is 3.17. The fraction of sp³-hybridized carbons (Fsp3) is 0.700. The van der Waals surface area contributed by atoms with Gasteiger partial charge < -0.3 is 20.0 Å². The Labute approximate surface area is 163 Å². The number of hydrogen-bond donors (Lipinski definition) is 2. The van der Waals surface area contributed by atoms with E-state index < -0.39 is 0 Å². The van der Waals surface area contributed by atoms with Crippen molar-refractivity contribution in [2.45, 2.75) is 45.1 Å². The molecule has 0 radical (unpaired) electrons. The maximum absolute atomic E-state index is 11.9. The van der Waals surface area contributed by atoms with E-state index >= 15 is 0 Å². The lowest BCUT2D eigenvalue weighted by molar-refractivity contribution is -0.127. The second-order valence-electron chi connectivity index (χ2n) is 7.92. The second kappa shape index (κ2) is 10.3. The standard InChI is InChI=1S/C20H35N5O2/c1-20(2,25-12-6-5-7-13-25)16-23-19(22-15-18(26)24(3)4)21-11-10-17-9-8-14-27-17/h8-9,14H,5-7,10-13,15-16H2,1-4H3,(H2,21,22,23). The van der Waals surface area contributed by atoms with Gasteiger partial charge in [0, 0.05) is 39.1 Å². The fourth-order valence-electron chi connectivity index (χ4n) is 3.13. The maximum Gasteiger partial charge on any atom is 0.243 e. The number of amides is 1. The quantitative estimate of drug-likeness (QED) is 0.533. The van der Waals surface area contributed by atoms with Crippen LogP contribution in [0, 0.1) is 0 Å². The van der Waals surface area contributed by atoms with E-state index in [1.54, 1.807) is 25.3 Å². The lowest BCUT2D eigenvalue weighted by Gasteiger charge is -2.41. The summed E-state index contributed by atoms with van der Waals surface area (Å²) < 4.78 is 5.37. The molecular formula is C20H35N5O2. The summed E-state index contributed by atoms with van der Waals surface area (Å²) in [5.74, 6) is 1.58. The molecule has 0 aliphatic carbocycles. The molecule has 1 aromatic heterocycles. The van der Waals surface area contributed by atoms with E-state index in [-0.39, 0.29) is 18.0 Å². The Morgan fingerprint density at radius 2 is 2.00 bits per heavy atom. The molecule has 1 aliphatic heterocycles. The van der Waals surface area contributed by atoms with Crippen molar-refractivity contribution in [2.75, 3.05) is 46.8 Å². The number of guanidine groups is 1. The highest BCUT2D eigenvalue weighted by atomic mass is 16.3. The molecule has 0 spiro atoms. The predicted molar refractivity (Wildman–Crippen MR) is 109 cm³/mol.